The molecule has 1 aromatic carbocycles. The van der Waals surface area contributed by atoms with Gasteiger partial charge in [0, 0.05) is 0 Å². The second kappa shape index (κ2) is 10.9. The van der Waals surface area contributed by atoms with E-state index in [1.807, 2.05) is 6.07 Å². The molecule has 1 rings (SSSR count). The highest BCUT2D eigenvalue weighted by Gasteiger charge is 2.01. The third-order valence-electron chi connectivity index (χ3n) is 4.34. The normalized spacial score (nSPS) is 10.9. The maximum absolute atomic E-state index is 3.33. The molecule has 1 radical (unpaired) electrons. The topological polar surface area (TPSA) is 0 Å². The molecule has 0 spiro atoms. The zero-order valence-corrected chi connectivity index (χ0v) is 13.9. The van der Waals surface area contributed by atoms with Crippen LogP contribution in [0.15, 0.2) is 12.1 Å². The first-order chi connectivity index (χ1) is 9.75. The van der Waals surface area contributed by atoms with Gasteiger partial charge >= 0.3 is 0 Å². The lowest BCUT2D eigenvalue weighted by Crippen LogP contribution is -1.94. The van der Waals surface area contributed by atoms with E-state index in [2.05, 4.69) is 32.9 Å². The van der Waals surface area contributed by atoms with Gasteiger partial charge in [-0.15, -0.1) is 0 Å². The van der Waals surface area contributed by atoms with Gasteiger partial charge in [-0.25, -0.2) is 0 Å². The van der Waals surface area contributed by atoms with Crippen molar-refractivity contribution in [2.45, 2.75) is 91.4 Å². The summed E-state index contributed by atoms with van der Waals surface area (Å²) in [5.41, 5.74) is 4.32. The zero-order valence-electron chi connectivity index (χ0n) is 13.9. The van der Waals surface area contributed by atoms with Crippen molar-refractivity contribution in [3.05, 3.63) is 34.9 Å². The second-order valence-electron chi connectivity index (χ2n) is 6.20. The first-order valence-electron chi connectivity index (χ1n) is 8.72. The highest BCUT2D eigenvalue weighted by atomic mass is 14.1. The van der Waals surface area contributed by atoms with Gasteiger partial charge in [0.05, 0.1) is 0 Å². The fraction of sp³-hybridized carbons (Fsp3) is 0.700. The Balaban J connectivity index is 2.00. The maximum atomic E-state index is 3.33. The van der Waals surface area contributed by atoms with Crippen LogP contribution in [0, 0.1) is 19.9 Å². The Morgan fingerprint density at radius 3 is 1.90 bits per heavy atom. The van der Waals surface area contributed by atoms with Crippen LogP contribution in [0.3, 0.4) is 0 Å². The molecule has 0 saturated heterocycles. The third kappa shape index (κ3) is 7.12. The van der Waals surface area contributed by atoms with Gasteiger partial charge < -0.3 is 0 Å². The summed E-state index contributed by atoms with van der Waals surface area (Å²) in [6, 6.07) is 7.57. The molecule has 0 saturated carbocycles. The summed E-state index contributed by atoms with van der Waals surface area (Å²) < 4.78 is 0. The van der Waals surface area contributed by atoms with Crippen molar-refractivity contribution in [1.82, 2.24) is 0 Å². The quantitative estimate of drug-likeness (QED) is 0.400. The standard InChI is InChI=1S/C20H33/c1-4-5-6-7-8-9-10-11-12-13-17-20-18(2)15-14-16-19(20)3/h14-15H,4-13,17H2,1-3H3. The number of hydrogen-bond donors (Lipinski definition) is 0. The number of aryl methyl sites for hydroxylation is 2. The molecule has 0 aliphatic rings. The molecule has 0 aliphatic carbocycles. The minimum Gasteiger partial charge on any atom is -0.0654 e. The Bertz CT molecular complexity index is 331. The Morgan fingerprint density at radius 2 is 1.35 bits per heavy atom. The summed E-state index contributed by atoms with van der Waals surface area (Å²) in [6.07, 6.45) is 15.4. The van der Waals surface area contributed by atoms with Crippen LogP contribution < -0.4 is 0 Å². The molecule has 0 heterocycles. The van der Waals surface area contributed by atoms with Crippen LogP contribution in [0.2, 0.25) is 0 Å². The first kappa shape index (κ1) is 17.3. The van der Waals surface area contributed by atoms with E-state index < -0.39 is 0 Å². The average Bonchev–Trinajstić information content (AvgIpc) is 2.43. The molecule has 0 bridgehead atoms. The van der Waals surface area contributed by atoms with E-state index >= 15 is 0 Å². The predicted octanol–water partition coefficient (Wildman–Crippen LogP) is 6.57. The molecule has 113 valence electrons. The summed E-state index contributed by atoms with van der Waals surface area (Å²) in [4.78, 5) is 0. The van der Waals surface area contributed by atoms with Gasteiger partial charge in [0.2, 0.25) is 0 Å². The van der Waals surface area contributed by atoms with Gasteiger partial charge in [0.1, 0.15) is 0 Å². The Morgan fingerprint density at radius 1 is 0.800 bits per heavy atom. The predicted molar refractivity (Wildman–Crippen MR) is 90.3 cm³/mol. The van der Waals surface area contributed by atoms with Crippen LogP contribution in [0.25, 0.3) is 0 Å². The molecule has 0 aromatic heterocycles. The summed E-state index contributed by atoms with van der Waals surface area (Å²) >= 11 is 0. The molecule has 0 nitrogen and oxygen atoms in total. The average molecular weight is 273 g/mol. The molecule has 0 fully saturated rings. The Hall–Kier alpha value is -0.780. The van der Waals surface area contributed by atoms with Gasteiger partial charge in [-0.1, -0.05) is 76.8 Å². The number of benzene rings is 1. The Kier molecular flexibility index (Phi) is 9.45. The maximum Gasteiger partial charge on any atom is -0.0149 e. The van der Waals surface area contributed by atoms with E-state index in [0.717, 1.165) is 0 Å². The molecule has 1 aromatic rings. The van der Waals surface area contributed by atoms with Crippen LogP contribution in [-0.2, 0) is 6.42 Å². The highest BCUT2D eigenvalue weighted by molar-refractivity contribution is 5.32. The third-order valence-corrected chi connectivity index (χ3v) is 4.34. The van der Waals surface area contributed by atoms with Crippen molar-refractivity contribution >= 4 is 0 Å². The monoisotopic (exact) mass is 273 g/mol. The second-order valence-corrected chi connectivity index (χ2v) is 6.20. The van der Waals surface area contributed by atoms with E-state index in [0.29, 0.717) is 0 Å². The molecule has 0 aliphatic heterocycles. The molecular formula is C20H33. The molecule has 20 heavy (non-hydrogen) atoms. The van der Waals surface area contributed by atoms with Gasteiger partial charge in [-0.3, -0.25) is 0 Å². The number of hydrogen-bond acceptors (Lipinski definition) is 0. The molecule has 0 unspecified atom stereocenters. The first-order valence-corrected chi connectivity index (χ1v) is 8.72. The molecular weight excluding hydrogens is 240 g/mol. The van der Waals surface area contributed by atoms with E-state index in [1.165, 1.54) is 87.3 Å². The van der Waals surface area contributed by atoms with E-state index in [9.17, 15) is 0 Å². The largest absolute Gasteiger partial charge is 0.0654 e. The van der Waals surface area contributed by atoms with Crippen molar-refractivity contribution < 1.29 is 0 Å². The Labute approximate surface area is 127 Å². The summed E-state index contributed by atoms with van der Waals surface area (Å²) in [6.45, 7) is 6.71. The van der Waals surface area contributed by atoms with Gasteiger partial charge in [0.15, 0.2) is 0 Å². The molecule has 0 amide bonds. The van der Waals surface area contributed by atoms with Gasteiger partial charge in [-0.2, -0.15) is 0 Å². The minimum atomic E-state index is 1.24. The van der Waals surface area contributed by atoms with Crippen LogP contribution in [0.5, 0.6) is 0 Å². The van der Waals surface area contributed by atoms with Crippen LogP contribution in [-0.4, -0.2) is 0 Å². The SMILES string of the molecule is CCCCCCCCCCCCc1c(C)[c]ccc1C. The van der Waals surface area contributed by atoms with Crippen molar-refractivity contribution in [1.29, 1.82) is 0 Å². The van der Waals surface area contributed by atoms with Crippen molar-refractivity contribution in [3.8, 4) is 0 Å². The highest BCUT2D eigenvalue weighted by Crippen LogP contribution is 2.17. The van der Waals surface area contributed by atoms with E-state index in [4.69, 9.17) is 0 Å². The smallest absolute Gasteiger partial charge is 0.0149 e. The van der Waals surface area contributed by atoms with E-state index in [-0.39, 0.29) is 0 Å². The summed E-state index contributed by atoms with van der Waals surface area (Å²) in [7, 11) is 0. The van der Waals surface area contributed by atoms with Crippen molar-refractivity contribution in [2.75, 3.05) is 0 Å². The van der Waals surface area contributed by atoms with Gasteiger partial charge in [-0.05, 0) is 49.4 Å². The summed E-state index contributed by atoms with van der Waals surface area (Å²) in [5.74, 6) is 0. The molecule has 0 heteroatoms. The van der Waals surface area contributed by atoms with E-state index in [1.54, 1.807) is 0 Å². The van der Waals surface area contributed by atoms with Crippen LogP contribution in [0.1, 0.15) is 87.8 Å². The van der Waals surface area contributed by atoms with Crippen LogP contribution in [0.4, 0.5) is 0 Å². The number of unbranched alkanes of at least 4 members (excludes halogenated alkanes) is 9. The fourth-order valence-corrected chi connectivity index (χ4v) is 2.95. The van der Waals surface area contributed by atoms with Crippen molar-refractivity contribution in [2.24, 2.45) is 0 Å². The lowest BCUT2D eigenvalue weighted by molar-refractivity contribution is 0.556. The van der Waals surface area contributed by atoms with Crippen molar-refractivity contribution in [3.63, 3.8) is 0 Å². The van der Waals surface area contributed by atoms with Gasteiger partial charge in [0.25, 0.3) is 0 Å². The molecule has 0 N–H and O–H groups in total. The minimum absolute atomic E-state index is 1.24. The zero-order chi connectivity index (χ0) is 14.6. The lowest BCUT2D eigenvalue weighted by atomic mass is 9.97. The lowest BCUT2D eigenvalue weighted by Gasteiger charge is -2.09. The fourth-order valence-electron chi connectivity index (χ4n) is 2.95. The van der Waals surface area contributed by atoms with Crippen LogP contribution >= 0.6 is 0 Å². The summed E-state index contributed by atoms with van der Waals surface area (Å²) in [5, 5.41) is 0. The number of rotatable bonds is 11. The molecule has 0 atom stereocenters.